The number of hydrogen-bond donors (Lipinski definition) is 2. The molecule has 1 heterocycles. The Bertz CT molecular complexity index is 520. The van der Waals surface area contributed by atoms with Crippen molar-refractivity contribution in [3.05, 3.63) is 34.6 Å². The van der Waals surface area contributed by atoms with Crippen LogP contribution in [0.4, 0.5) is 4.39 Å². The molecule has 1 atom stereocenters. The summed E-state index contributed by atoms with van der Waals surface area (Å²) in [6, 6.07) is 4.00. The standard InChI is InChI=1S/C15H20ClFN2O2.ClH/c1-15(2,11-4-3-10(17)7-12(11)16)9-19-14(20)13-8-21-6-5-18-13;/h3-4,7,13,18H,5-6,8-9H2,1-2H3,(H,19,20);1H. The van der Waals surface area contributed by atoms with Crippen molar-refractivity contribution in [2.24, 2.45) is 0 Å². The molecule has 0 spiro atoms. The van der Waals surface area contributed by atoms with Crippen molar-refractivity contribution in [1.29, 1.82) is 0 Å². The van der Waals surface area contributed by atoms with Gasteiger partial charge in [0.25, 0.3) is 0 Å². The number of benzene rings is 1. The van der Waals surface area contributed by atoms with E-state index in [2.05, 4.69) is 10.6 Å². The molecule has 1 amide bonds. The van der Waals surface area contributed by atoms with Gasteiger partial charge in [-0.3, -0.25) is 4.79 Å². The summed E-state index contributed by atoms with van der Waals surface area (Å²) in [5.74, 6) is -0.465. The third-order valence-electron chi connectivity index (χ3n) is 3.60. The number of hydrogen-bond acceptors (Lipinski definition) is 3. The van der Waals surface area contributed by atoms with Gasteiger partial charge in [0.15, 0.2) is 0 Å². The predicted octanol–water partition coefficient (Wildman–Crippen LogP) is 2.28. The topological polar surface area (TPSA) is 50.4 Å². The van der Waals surface area contributed by atoms with Crippen molar-refractivity contribution < 1.29 is 13.9 Å². The van der Waals surface area contributed by atoms with Crippen molar-refractivity contribution in [1.82, 2.24) is 10.6 Å². The summed E-state index contributed by atoms with van der Waals surface area (Å²) in [7, 11) is 0. The molecule has 1 fully saturated rings. The van der Waals surface area contributed by atoms with Crippen molar-refractivity contribution in [2.45, 2.75) is 25.3 Å². The number of amides is 1. The minimum absolute atomic E-state index is 0. The Morgan fingerprint density at radius 1 is 1.55 bits per heavy atom. The van der Waals surface area contributed by atoms with Crippen molar-refractivity contribution >= 4 is 29.9 Å². The second kappa shape index (κ2) is 8.11. The van der Waals surface area contributed by atoms with Gasteiger partial charge in [0, 0.05) is 23.5 Å². The average Bonchev–Trinajstić information content (AvgIpc) is 2.45. The summed E-state index contributed by atoms with van der Waals surface area (Å²) in [6.45, 7) is 6.00. The molecule has 0 saturated carbocycles. The van der Waals surface area contributed by atoms with Gasteiger partial charge in [0.1, 0.15) is 11.9 Å². The maximum atomic E-state index is 13.1. The number of halogens is 3. The van der Waals surface area contributed by atoms with Crippen LogP contribution >= 0.6 is 24.0 Å². The first-order valence-corrected chi connectivity index (χ1v) is 7.32. The van der Waals surface area contributed by atoms with E-state index in [1.807, 2.05) is 13.8 Å². The molecule has 1 aromatic carbocycles. The highest BCUT2D eigenvalue weighted by Gasteiger charge is 2.27. The first-order chi connectivity index (χ1) is 9.90. The normalized spacial score (nSPS) is 18.5. The first-order valence-electron chi connectivity index (χ1n) is 6.94. The zero-order valence-corrected chi connectivity index (χ0v) is 14.2. The van der Waals surface area contributed by atoms with Crippen LogP contribution in [0.2, 0.25) is 5.02 Å². The molecule has 7 heteroatoms. The summed E-state index contributed by atoms with van der Waals surface area (Å²) in [5, 5.41) is 6.37. The highest BCUT2D eigenvalue weighted by atomic mass is 35.5. The zero-order valence-electron chi connectivity index (χ0n) is 12.6. The lowest BCUT2D eigenvalue weighted by molar-refractivity contribution is -0.126. The van der Waals surface area contributed by atoms with Gasteiger partial charge in [-0.05, 0) is 17.7 Å². The van der Waals surface area contributed by atoms with Gasteiger partial charge >= 0.3 is 0 Å². The van der Waals surface area contributed by atoms with Crippen molar-refractivity contribution in [3.8, 4) is 0 Å². The van der Waals surface area contributed by atoms with E-state index >= 15 is 0 Å². The molecule has 2 N–H and O–H groups in total. The molecule has 0 bridgehead atoms. The number of ether oxygens (including phenoxy) is 1. The maximum Gasteiger partial charge on any atom is 0.239 e. The van der Waals surface area contributed by atoms with E-state index < -0.39 is 5.41 Å². The molecular weight excluding hydrogens is 330 g/mol. The monoisotopic (exact) mass is 350 g/mol. The van der Waals surface area contributed by atoms with Crippen LogP contribution in [0.15, 0.2) is 18.2 Å². The minimum atomic E-state index is -0.393. The SMILES string of the molecule is CC(C)(CNC(=O)C1COCCN1)c1ccc(F)cc1Cl.Cl. The molecule has 0 radical (unpaired) electrons. The van der Waals surface area contributed by atoms with Gasteiger partial charge < -0.3 is 15.4 Å². The highest BCUT2D eigenvalue weighted by Crippen LogP contribution is 2.29. The molecule has 1 aliphatic rings. The Hall–Kier alpha value is -0.880. The van der Waals surface area contributed by atoms with Crippen molar-refractivity contribution in [2.75, 3.05) is 26.3 Å². The molecule has 1 saturated heterocycles. The summed E-state index contributed by atoms with van der Waals surface area (Å²) >= 11 is 6.09. The molecule has 1 aliphatic heterocycles. The molecule has 1 aromatic rings. The minimum Gasteiger partial charge on any atom is -0.378 e. The molecule has 4 nitrogen and oxygen atoms in total. The van der Waals surface area contributed by atoms with E-state index in [4.69, 9.17) is 16.3 Å². The molecule has 0 aromatic heterocycles. The molecule has 2 rings (SSSR count). The molecule has 22 heavy (non-hydrogen) atoms. The summed E-state index contributed by atoms with van der Waals surface area (Å²) in [5.41, 5.74) is 0.411. The molecule has 0 aliphatic carbocycles. The van der Waals surface area contributed by atoms with Gasteiger partial charge in [-0.25, -0.2) is 4.39 Å². The third-order valence-corrected chi connectivity index (χ3v) is 3.92. The first kappa shape index (κ1) is 19.2. The summed E-state index contributed by atoms with van der Waals surface area (Å²) in [6.07, 6.45) is 0. The summed E-state index contributed by atoms with van der Waals surface area (Å²) < 4.78 is 18.4. The fraction of sp³-hybridized carbons (Fsp3) is 0.533. The van der Waals surface area contributed by atoms with Crippen LogP contribution in [-0.2, 0) is 14.9 Å². The van der Waals surface area contributed by atoms with Crippen molar-refractivity contribution in [3.63, 3.8) is 0 Å². The average molecular weight is 351 g/mol. The predicted molar refractivity (Wildman–Crippen MR) is 87.3 cm³/mol. The van der Waals surface area contributed by atoms with Crippen LogP contribution in [0.25, 0.3) is 0 Å². The highest BCUT2D eigenvalue weighted by molar-refractivity contribution is 6.31. The number of morpholine rings is 1. The Labute approximate surface area is 141 Å². The van der Waals surface area contributed by atoms with Crippen LogP contribution in [0.1, 0.15) is 19.4 Å². The smallest absolute Gasteiger partial charge is 0.239 e. The van der Waals surface area contributed by atoms with E-state index in [1.165, 1.54) is 12.1 Å². The quantitative estimate of drug-likeness (QED) is 0.875. The number of carbonyl (C=O) groups excluding carboxylic acids is 1. The lowest BCUT2D eigenvalue weighted by atomic mass is 9.84. The van der Waals surface area contributed by atoms with Crippen LogP contribution in [0.5, 0.6) is 0 Å². The molecule has 1 unspecified atom stereocenters. The number of nitrogens with one attached hydrogen (secondary N) is 2. The van der Waals surface area contributed by atoms with Gasteiger partial charge in [-0.1, -0.05) is 31.5 Å². The van der Waals surface area contributed by atoms with Gasteiger partial charge in [0.05, 0.1) is 13.2 Å². The largest absolute Gasteiger partial charge is 0.378 e. The van der Waals surface area contributed by atoms with Gasteiger partial charge in [-0.15, -0.1) is 12.4 Å². The van der Waals surface area contributed by atoms with Crippen LogP contribution in [-0.4, -0.2) is 38.3 Å². The van der Waals surface area contributed by atoms with Gasteiger partial charge in [0.2, 0.25) is 5.91 Å². The Balaban J connectivity index is 0.00000242. The van der Waals surface area contributed by atoms with Crippen LogP contribution in [0.3, 0.4) is 0 Å². The number of carbonyl (C=O) groups is 1. The van der Waals surface area contributed by atoms with E-state index in [1.54, 1.807) is 6.07 Å². The van der Waals surface area contributed by atoms with Crippen LogP contribution in [0, 0.1) is 5.82 Å². The Kier molecular flexibility index (Phi) is 7.06. The zero-order chi connectivity index (χ0) is 15.5. The fourth-order valence-electron chi connectivity index (χ4n) is 2.30. The van der Waals surface area contributed by atoms with E-state index in [0.717, 1.165) is 5.56 Å². The lowest BCUT2D eigenvalue weighted by Gasteiger charge is -2.29. The lowest BCUT2D eigenvalue weighted by Crippen LogP contribution is -2.52. The third kappa shape index (κ3) is 4.81. The van der Waals surface area contributed by atoms with Crippen LogP contribution < -0.4 is 10.6 Å². The van der Waals surface area contributed by atoms with E-state index in [0.29, 0.717) is 31.3 Å². The molecular formula is C15H21Cl2FN2O2. The maximum absolute atomic E-state index is 13.1. The molecule has 124 valence electrons. The second-order valence-corrected chi connectivity index (χ2v) is 6.21. The van der Waals surface area contributed by atoms with E-state index in [9.17, 15) is 9.18 Å². The van der Waals surface area contributed by atoms with E-state index in [-0.39, 0.29) is 30.2 Å². The number of rotatable bonds is 4. The van der Waals surface area contributed by atoms with Gasteiger partial charge in [-0.2, -0.15) is 0 Å². The fourth-order valence-corrected chi connectivity index (χ4v) is 2.72. The Morgan fingerprint density at radius 2 is 2.27 bits per heavy atom. The summed E-state index contributed by atoms with van der Waals surface area (Å²) in [4.78, 5) is 12.1. The second-order valence-electron chi connectivity index (χ2n) is 5.81. The Morgan fingerprint density at radius 3 is 2.86 bits per heavy atom.